The Hall–Kier alpha value is -4.18. The van der Waals surface area contributed by atoms with Crippen molar-refractivity contribution in [3.05, 3.63) is 98.8 Å². The summed E-state index contributed by atoms with van der Waals surface area (Å²) in [5.41, 5.74) is 4.65. The molecule has 0 heterocycles. The predicted molar refractivity (Wildman–Crippen MR) is 118 cm³/mol. The Morgan fingerprint density at radius 3 is 2.38 bits per heavy atom. The van der Waals surface area contributed by atoms with E-state index < -0.39 is 16.8 Å². The van der Waals surface area contributed by atoms with Crippen molar-refractivity contribution in [1.82, 2.24) is 5.32 Å². The minimum atomic E-state index is -0.740. The highest BCUT2D eigenvalue weighted by Gasteiger charge is 2.28. The van der Waals surface area contributed by atoms with E-state index in [1.165, 1.54) is 6.92 Å². The van der Waals surface area contributed by atoms with Crippen LogP contribution >= 0.6 is 0 Å². The number of alkyl carbamates (subject to hydrolysis) is 1. The fraction of sp³-hybridized carbons (Fsp3) is 0.160. The fourth-order valence-corrected chi connectivity index (χ4v) is 3.89. The molecule has 1 amide bonds. The van der Waals surface area contributed by atoms with Crippen LogP contribution in [0.2, 0.25) is 0 Å². The molecule has 0 atom stereocenters. The third-order valence-electron chi connectivity index (χ3n) is 5.43. The SMILES string of the molecule is Cc1c(C#CCNC(=O)OCC2c3ccccc3-c3ccccc32)cc(F)cc1[N+](=O)[O-]. The Labute approximate surface area is 184 Å². The normalized spacial score (nSPS) is 11.7. The molecule has 0 fully saturated rings. The number of nitro groups is 1. The third kappa shape index (κ3) is 4.16. The second-order valence-electron chi connectivity index (χ2n) is 7.34. The van der Waals surface area contributed by atoms with Gasteiger partial charge in [-0.05, 0) is 35.2 Å². The maximum Gasteiger partial charge on any atom is 0.407 e. The number of fused-ring (bicyclic) bond motifs is 3. The maximum absolute atomic E-state index is 13.6. The number of nitrogens with one attached hydrogen (secondary N) is 1. The van der Waals surface area contributed by atoms with E-state index in [0.717, 1.165) is 34.4 Å². The van der Waals surface area contributed by atoms with Crippen LogP contribution in [0.3, 0.4) is 0 Å². The molecule has 1 N–H and O–H groups in total. The van der Waals surface area contributed by atoms with Crippen molar-refractivity contribution in [2.45, 2.75) is 12.8 Å². The largest absolute Gasteiger partial charge is 0.449 e. The summed E-state index contributed by atoms with van der Waals surface area (Å²) in [6.07, 6.45) is -0.622. The first kappa shape index (κ1) is 21.1. The smallest absolute Gasteiger partial charge is 0.407 e. The monoisotopic (exact) mass is 430 g/mol. The molecule has 0 bridgehead atoms. The van der Waals surface area contributed by atoms with Gasteiger partial charge in [-0.25, -0.2) is 9.18 Å². The van der Waals surface area contributed by atoms with Crippen molar-refractivity contribution in [2.24, 2.45) is 0 Å². The number of carbonyl (C=O) groups excluding carboxylic acids is 1. The van der Waals surface area contributed by atoms with Gasteiger partial charge in [-0.3, -0.25) is 10.1 Å². The van der Waals surface area contributed by atoms with Crippen LogP contribution in [-0.2, 0) is 4.74 Å². The van der Waals surface area contributed by atoms with E-state index in [1.54, 1.807) is 0 Å². The summed E-state index contributed by atoms with van der Waals surface area (Å²) in [5.74, 6) is 4.55. The fourth-order valence-electron chi connectivity index (χ4n) is 3.89. The molecule has 0 saturated carbocycles. The average molecular weight is 430 g/mol. The minimum Gasteiger partial charge on any atom is -0.449 e. The highest BCUT2D eigenvalue weighted by molar-refractivity contribution is 5.79. The molecule has 0 aromatic heterocycles. The summed E-state index contributed by atoms with van der Waals surface area (Å²) in [7, 11) is 0. The van der Waals surface area contributed by atoms with Crippen LogP contribution in [0, 0.1) is 34.7 Å². The first-order chi connectivity index (χ1) is 15.5. The van der Waals surface area contributed by atoms with Crippen molar-refractivity contribution in [3.8, 4) is 23.0 Å². The van der Waals surface area contributed by atoms with Crippen LogP contribution in [0.5, 0.6) is 0 Å². The number of nitrogens with zero attached hydrogens (tertiary/aromatic N) is 1. The summed E-state index contributed by atoms with van der Waals surface area (Å²) >= 11 is 0. The maximum atomic E-state index is 13.6. The van der Waals surface area contributed by atoms with Gasteiger partial charge in [-0.2, -0.15) is 0 Å². The number of benzene rings is 3. The summed E-state index contributed by atoms with van der Waals surface area (Å²) < 4.78 is 19.0. The molecule has 0 spiro atoms. The van der Waals surface area contributed by atoms with Crippen LogP contribution in [-0.4, -0.2) is 24.2 Å². The highest BCUT2D eigenvalue weighted by Crippen LogP contribution is 2.44. The lowest BCUT2D eigenvalue weighted by atomic mass is 9.98. The number of nitro benzene ring substituents is 1. The van der Waals surface area contributed by atoms with Gasteiger partial charge in [-0.1, -0.05) is 60.4 Å². The van der Waals surface area contributed by atoms with Crippen LogP contribution in [0.1, 0.15) is 28.2 Å². The number of halogens is 1. The van der Waals surface area contributed by atoms with E-state index >= 15 is 0 Å². The van der Waals surface area contributed by atoms with E-state index in [1.807, 2.05) is 36.4 Å². The quantitative estimate of drug-likeness (QED) is 0.361. The topological polar surface area (TPSA) is 81.5 Å². The van der Waals surface area contributed by atoms with Crippen molar-refractivity contribution in [1.29, 1.82) is 0 Å². The summed E-state index contributed by atoms with van der Waals surface area (Å²) in [6, 6.07) is 18.1. The number of hydrogen-bond acceptors (Lipinski definition) is 4. The van der Waals surface area contributed by atoms with E-state index in [9.17, 15) is 19.3 Å². The predicted octanol–water partition coefficient (Wildman–Crippen LogP) is 4.93. The second kappa shape index (κ2) is 8.90. The van der Waals surface area contributed by atoms with Crippen LogP contribution in [0.25, 0.3) is 11.1 Å². The molecule has 0 saturated heterocycles. The zero-order valence-electron chi connectivity index (χ0n) is 17.2. The van der Waals surface area contributed by atoms with Gasteiger partial charge in [0.15, 0.2) is 0 Å². The first-order valence-electron chi connectivity index (χ1n) is 9.98. The standard InChI is InChI=1S/C25H19FN2O4/c1-16-17(13-18(26)14-24(16)28(30)31)7-6-12-27-25(29)32-15-23-21-10-4-2-8-19(21)20-9-3-5-11-22(20)23/h2-5,8-11,13-14,23H,12,15H2,1H3,(H,27,29). The summed E-state index contributed by atoms with van der Waals surface area (Å²) in [6.45, 7) is 1.64. The van der Waals surface area contributed by atoms with Gasteiger partial charge in [0.05, 0.1) is 17.5 Å². The van der Waals surface area contributed by atoms with E-state index in [2.05, 4.69) is 29.3 Å². The van der Waals surface area contributed by atoms with Gasteiger partial charge in [0.2, 0.25) is 0 Å². The van der Waals surface area contributed by atoms with Crippen molar-refractivity contribution < 1.29 is 18.8 Å². The molecule has 32 heavy (non-hydrogen) atoms. The Morgan fingerprint density at radius 2 is 1.75 bits per heavy atom. The van der Waals surface area contributed by atoms with Gasteiger partial charge < -0.3 is 10.1 Å². The third-order valence-corrected chi connectivity index (χ3v) is 5.43. The number of carbonyl (C=O) groups is 1. The lowest BCUT2D eigenvalue weighted by molar-refractivity contribution is -0.385. The molecule has 7 heteroatoms. The molecule has 6 nitrogen and oxygen atoms in total. The molecular weight excluding hydrogens is 411 g/mol. The van der Waals surface area contributed by atoms with Gasteiger partial charge in [0.1, 0.15) is 12.4 Å². The number of amides is 1. The van der Waals surface area contributed by atoms with E-state index in [4.69, 9.17) is 4.74 Å². The minimum absolute atomic E-state index is 0.0412. The number of hydrogen-bond donors (Lipinski definition) is 1. The molecule has 4 rings (SSSR count). The number of rotatable bonds is 4. The zero-order chi connectivity index (χ0) is 22.7. The lowest BCUT2D eigenvalue weighted by Gasteiger charge is -2.14. The van der Waals surface area contributed by atoms with Crippen molar-refractivity contribution in [2.75, 3.05) is 13.2 Å². The Kier molecular flexibility index (Phi) is 5.86. The van der Waals surface area contributed by atoms with Crippen LogP contribution in [0.15, 0.2) is 60.7 Å². The Morgan fingerprint density at radius 1 is 1.12 bits per heavy atom. The molecular formula is C25H19FN2O4. The molecule has 0 radical (unpaired) electrons. The number of ether oxygens (including phenoxy) is 1. The van der Waals surface area contributed by atoms with Crippen LogP contribution < -0.4 is 5.32 Å². The second-order valence-corrected chi connectivity index (χ2v) is 7.34. The molecule has 1 aliphatic carbocycles. The molecule has 3 aromatic rings. The average Bonchev–Trinajstić information content (AvgIpc) is 3.11. The zero-order valence-corrected chi connectivity index (χ0v) is 17.2. The van der Waals surface area contributed by atoms with E-state index in [-0.39, 0.29) is 35.9 Å². The van der Waals surface area contributed by atoms with Gasteiger partial charge in [-0.15, -0.1) is 0 Å². The molecule has 160 valence electrons. The Balaban J connectivity index is 1.37. The molecule has 3 aromatic carbocycles. The van der Waals surface area contributed by atoms with Gasteiger partial charge >= 0.3 is 6.09 Å². The molecule has 0 unspecified atom stereocenters. The van der Waals surface area contributed by atoms with Gasteiger partial charge in [0, 0.05) is 17.0 Å². The molecule has 0 aliphatic heterocycles. The summed E-state index contributed by atoms with van der Waals surface area (Å²) in [4.78, 5) is 22.5. The van der Waals surface area contributed by atoms with Crippen molar-refractivity contribution in [3.63, 3.8) is 0 Å². The lowest BCUT2D eigenvalue weighted by Crippen LogP contribution is -2.26. The van der Waals surface area contributed by atoms with E-state index in [0.29, 0.717) is 0 Å². The molecule has 1 aliphatic rings. The Bertz CT molecular complexity index is 1230. The van der Waals surface area contributed by atoms with Gasteiger partial charge in [0.25, 0.3) is 5.69 Å². The summed E-state index contributed by atoms with van der Waals surface area (Å²) in [5, 5.41) is 13.5. The highest BCUT2D eigenvalue weighted by atomic mass is 19.1. The van der Waals surface area contributed by atoms with Crippen molar-refractivity contribution >= 4 is 11.8 Å². The van der Waals surface area contributed by atoms with Crippen LogP contribution in [0.4, 0.5) is 14.9 Å². The first-order valence-corrected chi connectivity index (χ1v) is 9.98.